The second-order valence-corrected chi connectivity index (χ2v) is 3.83. The molecule has 0 unspecified atom stereocenters. The first-order valence-corrected chi connectivity index (χ1v) is 5.16. The maximum atomic E-state index is 6.07. The predicted octanol–water partition coefficient (Wildman–Crippen LogP) is 2.84. The van der Waals surface area contributed by atoms with Gasteiger partial charge in [0.05, 0.1) is 28.5 Å². The highest BCUT2D eigenvalue weighted by atomic mass is 35.5. The van der Waals surface area contributed by atoms with Crippen LogP contribution >= 0.6 is 23.2 Å². The Morgan fingerprint density at radius 2 is 2.13 bits per heavy atom. The van der Waals surface area contributed by atoms with E-state index in [4.69, 9.17) is 28.9 Å². The molecule has 0 radical (unpaired) electrons. The molecule has 1 heterocycles. The SMILES string of the molecule is NCc1ncc(-c2cccc(Cl)c2Cl)[nH]1. The second-order valence-electron chi connectivity index (χ2n) is 3.05. The van der Waals surface area contributed by atoms with Gasteiger partial charge in [0, 0.05) is 5.56 Å². The van der Waals surface area contributed by atoms with Crippen LogP contribution in [0, 0.1) is 0 Å². The third kappa shape index (κ3) is 2.00. The molecule has 3 N–H and O–H groups in total. The normalized spacial score (nSPS) is 10.6. The Morgan fingerprint density at radius 3 is 2.80 bits per heavy atom. The van der Waals surface area contributed by atoms with Crippen LogP contribution in [0.4, 0.5) is 0 Å². The van der Waals surface area contributed by atoms with E-state index < -0.39 is 0 Å². The van der Waals surface area contributed by atoms with Crippen molar-refractivity contribution in [3.8, 4) is 11.3 Å². The zero-order valence-electron chi connectivity index (χ0n) is 7.80. The van der Waals surface area contributed by atoms with Gasteiger partial charge in [-0.3, -0.25) is 0 Å². The van der Waals surface area contributed by atoms with Crippen LogP contribution in [0.3, 0.4) is 0 Å². The Bertz CT molecular complexity index is 479. The van der Waals surface area contributed by atoms with Crippen LogP contribution in [-0.4, -0.2) is 9.97 Å². The molecule has 3 nitrogen and oxygen atoms in total. The Labute approximate surface area is 97.2 Å². The number of nitrogens with two attached hydrogens (primary N) is 1. The van der Waals surface area contributed by atoms with Gasteiger partial charge >= 0.3 is 0 Å². The smallest absolute Gasteiger partial charge is 0.120 e. The Balaban J connectivity index is 2.49. The van der Waals surface area contributed by atoms with Crippen molar-refractivity contribution >= 4 is 23.2 Å². The van der Waals surface area contributed by atoms with Crippen molar-refractivity contribution < 1.29 is 0 Å². The van der Waals surface area contributed by atoms with Gasteiger partial charge in [-0.15, -0.1) is 0 Å². The Hall–Kier alpha value is -1.03. The molecule has 1 aromatic carbocycles. The van der Waals surface area contributed by atoms with Gasteiger partial charge in [-0.1, -0.05) is 35.3 Å². The number of aromatic nitrogens is 2. The molecular weight excluding hydrogens is 233 g/mol. The van der Waals surface area contributed by atoms with Crippen molar-refractivity contribution in [3.63, 3.8) is 0 Å². The monoisotopic (exact) mass is 241 g/mol. The van der Waals surface area contributed by atoms with Gasteiger partial charge in [0.1, 0.15) is 5.82 Å². The molecule has 1 aromatic heterocycles. The summed E-state index contributed by atoms with van der Waals surface area (Å²) in [5, 5.41) is 1.05. The quantitative estimate of drug-likeness (QED) is 0.850. The van der Waals surface area contributed by atoms with E-state index in [1.54, 1.807) is 12.3 Å². The minimum Gasteiger partial charge on any atom is -0.341 e. The lowest BCUT2D eigenvalue weighted by atomic mass is 10.2. The Kier molecular flexibility index (Phi) is 2.95. The summed E-state index contributed by atoms with van der Waals surface area (Å²) in [6, 6.07) is 5.46. The molecule has 0 aliphatic carbocycles. The summed E-state index contributed by atoms with van der Waals surface area (Å²) in [6.45, 7) is 0.373. The summed E-state index contributed by atoms with van der Waals surface area (Å²) >= 11 is 12.0. The van der Waals surface area contributed by atoms with Gasteiger partial charge < -0.3 is 10.7 Å². The number of rotatable bonds is 2. The molecule has 0 aliphatic heterocycles. The fourth-order valence-electron chi connectivity index (χ4n) is 1.31. The summed E-state index contributed by atoms with van der Waals surface area (Å²) < 4.78 is 0. The van der Waals surface area contributed by atoms with Gasteiger partial charge in [0.15, 0.2) is 0 Å². The average Bonchev–Trinajstić information content (AvgIpc) is 2.70. The van der Waals surface area contributed by atoms with Crippen LogP contribution < -0.4 is 5.73 Å². The summed E-state index contributed by atoms with van der Waals surface area (Å²) in [6.07, 6.45) is 1.69. The molecule has 15 heavy (non-hydrogen) atoms. The molecule has 5 heteroatoms. The fourth-order valence-corrected chi connectivity index (χ4v) is 1.72. The highest BCUT2D eigenvalue weighted by Crippen LogP contribution is 2.32. The standard InChI is InChI=1S/C10H9Cl2N3/c11-7-3-1-2-6(10(7)12)8-5-14-9(4-13)15-8/h1-3,5H,4,13H2,(H,14,15). The molecule has 2 rings (SSSR count). The van der Waals surface area contributed by atoms with Gasteiger partial charge in [0.25, 0.3) is 0 Å². The van der Waals surface area contributed by atoms with E-state index in [1.807, 2.05) is 12.1 Å². The number of hydrogen-bond acceptors (Lipinski definition) is 2. The van der Waals surface area contributed by atoms with E-state index in [2.05, 4.69) is 9.97 Å². The van der Waals surface area contributed by atoms with Crippen molar-refractivity contribution in [2.75, 3.05) is 0 Å². The highest BCUT2D eigenvalue weighted by Gasteiger charge is 2.08. The summed E-state index contributed by atoms with van der Waals surface area (Å²) in [5.41, 5.74) is 7.11. The largest absolute Gasteiger partial charge is 0.341 e. The summed E-state index contributed by atoms with van der Waals surface area (Å²) in [4.78, 5) is 7.17. The van der Waals surface area contributed by atoms with Crippen LogP contribution in [0.2, 0.25) is 10.0 Å². The molecule has 0 bridgehead atoms. The molecule has 0 fully saturated rings. The van der Waals surface area contributed by atoms with E-state index >= 15 is 0 Å². The first-order valence-electron chi connectivity index (χ1n) is 4.40. The van der Waals surface area contributed by atoms with E-state index in [1.165, 1.54) is 0 Å². The van der Waals surface area contributed by atoms with E-state index in [-0.39, 0.29) is 0 Å². The van der Waals surface area contributed by atoms with Gasteiger partial charge in [-0.25, -0.2) is 4.98 Å². The van der Waals surface area contributed by atoms with Crippen LogP contribution in [-0.2, 0) is 6.54 Å². The zero-order chi connectivity index (χ0) is 10.8. The number of benzene rings is 1. The lowest BCUT2D eigenvalue weighted by molar-refractivity contribution is 0.950. The molecule has 2 aromatic rings. The molecule has 78 valence electrons. The van der Waals surface area contributed by atoms with Crippen LogP contribution in [0.1, 0.15) is 5.82 Å². The minimum absolute atomic E-state index is 0.373. The number of aromatic amines is 1. The number of H-pyrrole nitrogens is 1. The third-order valence-electron chi connectivity index (χ3n) is 2.06. The number of halogens is 2. The average molecular weight is 242 g/mol. The number of nitrogens with zero attached hydrogens (tertiary/aromatic N) is 1. The lowest BCUT2D eigenvalue weighted by Gasteiger charge is -2.02. The van der Waals surface area contributed by atoms with Crippen molar-refractivity contribution in [2.24, 2.45) is 5.73 Å². The molecule has 0 spiro atoms. The van der Waals surface area contributed by atoms with E-state index in [0.29, 0.717) is 16.6 Å². The zero-order valence-corrected chi connectivity index (χ0v) is 9.31. The van der Waals surface area contributed by atoms with Crippen LogP contribution in [0.15, 0.2) is 24.4 Å². The number of nitrogens with one attached hydrogen (secondary N) is 1. The second kappa shape index (κ2) is 4.23. The van der Waals surface area contributed by atoms with Gasteiger partial charge in [-0.05, 0) is 6.07 Å². The first-order chi connectivity index (χ1) is 7.22. The summed E-state index contributed by atoms with van der Waals surface area (Å²) in [7, 11) is 0. The molecular formula is C10H9Cl2N3. The number of imidazole rings is 1. The predicted molar refractivity (Wildman–Crippen MR) is 61.9 cm³/mol. The van der Waals surface area contributed by atoms with Crippen molar-refractivity contribution in [1.29, 1.82) is 0 Å². The maximum Gasteiger partial charge on any atom is 0.120 e. The van der Waals surface area contributed by atoms with Crippen LogP contribution in [0.5, 0.6) is 0 Å². The lowest BCUT2D eigenvalue weighted by Crippen LogP contribution is -1.97. The topological polar surface area (TPSA) is 54.7 Å². The van der Waals surface area contributed by atoms with E-state index in [9.17, 15) is 0 Å². The maximum absolute atomic E-state index is 6.07. The van der Waals surface area contributed by atoms with Gasteiger partial charge in [-0.2, -0.15) is 0 Å². The van der Waals surface area contributed by atoms with Crippen molar-refractivity contribution in [1.82, 2.24) is 9.97 Å². The molecule has 0 saturated heterocycles. The van der Waals surface area contributed by atoms with Gasteiger partial charge in [0.2, 0.25) is 0 Å². The minimum atomic E-state index is 0.373. The third-order valence-corrected chi connectivity index (χ3v) is 2.88. The molecule has 0 atom stereocenters. The van der Waals surface area contributed by atoms with E-state index in [0.717, 1.165) is 17.1 Å². The molecule has 0 aliphatic rings. The van der Waals surface area contributed by atoms with Crippen LogP contribution in [0.25, 0.3) is 11.3 Å². The Morgan fingerprint density at radius 1 is 1.33 bits per heavy atom. The number of hydrogen-bond donors (Lipinski definition) is 2. The fraction of sp³-hybridized carbons (Fsp3) is 0.100. The molecule has 0 saturated carbocycles. The first kappa shape index (κ1) is 10.5. The summed E-state index contributed by atoms with van der Waals surface area (Å²) in [5.74, 6) is 0.723. The molecule has 0 amide bonds. The highest BCUT2D eigenvalue weighted by molar-refractivity contribution is 6.43. The van der Waals surface area contributed by atoms with Crippen molar-refractivity contribution in [2.45, 2.75) is 6.54 Å². The van der Waals surface area contributed by atoms with Crippen molar-refractivity contribution in [3.05, 3.63) is 40.3 Å².